The Morgan fingerprint density at radius 1 is 1.12 bits per heavy atom. The van der Waals surface area contributed by atoms with E-state index in [-0.39, 0.29) is 11.2 Å². The van der Waals surface area contributed by atoms with Crippen molar-refractivity contribution in [1.82, 2.24) is 24.9 Å². The Morgan fingerprint density at radius 3 is 2.54 bits per heavy atom. The highest BCUT2D eigenvalue weighted by Gasteiger charge is 2.17. The number of anilines is 2. The molecule has 1 atom stereocenters. The summed E-state index contributed by atoms with van der Waals surface area (Å²) in [6.45, 7) is 1.88. The van der Waals surface area contributed by atoms with Gasteiger partial charge in [0.15, 0.2) is 16.8 Å². The third kappa shape index (κ3) is 3.23. The molecule has 0 fully saturated rings. The van der Waals surface area contributed by atoms with Crippen molar-refractivity contribution in [1.29, 1.82) is 0 Å². The maximum absolute atomic E-state index is 13.3. The van der Waals surface area contributed by atoms with Gasteiger partial charge in [0.05, 0.1) is 16.3 Å². The minimum Gasteiger partial charge on any atom is -0.368 e. The Hall–Kier alpha value is -2.49. The fourth-order valence-electron chi connectivity index (χ4n) is 2.04. The lowest BCUT2D eigenvalue weighted by Crippen LogP contribution is -2.16. The molecule has 0 saturated carbocycles. The molecule has 0 saturated heterocycles. The summed E-state index contributed by atoms with van der Waals surface area (Å²) in [5, 5.41) is 0.317. The summed E-state index contributed by atoms with van der Waals surface area (Å²) in [6.07, 6.45) is 0. The van der Waals surface area contributed by atoms with Crippen molar-refractivity contribution >= 4 is 34.7 Å². The van der Waals surface area contributed by atoms with E-state index in [4.69, 9.17) is 5.73 Å². The molecule has 0 amide bonds. The first-order chi connectivity index (χ1) is 11.3. The highest BCUT2D eigenvalue weighted by Crippen LogP contribution is 2.33. The van der Waals surface area contributed by atoms with Gasteiger partial charge >= 0.3 is 0 Å². The molecular weight excluding hydrogens is 336 g/mol. The zero-order valence-corrected chi connectivity index (χ0v) is 14.0. The van der Waals surface area contributed by atoms with Gasteiger partial charge in [-0.3, -0.25) is 0 Å². The lowest BCUT2D eigenvalue weighted by molar-refractivity contribution is 0.510. The van der Waals surface area contributed by atoms with E-state index in [1.54, 1.807) is 19.0 Å². The van der Waals surface area contributed by atoms with Crippen LogP contribution in [0.4, 0.5) is 20.7 Å². The van der Waals surface area contributed by atoms with Crippen molar-refractivity contribution in [2.24, 2.45) is 0 Å². The molecule has 0 aliphatic carbocycles. The van der Waals surface area contributed by atoms with Gasteiger partial charge in [-0.2, -0.15) is 15.0 Å². The average molecular weight is 351 g/mol. The molecule has 0 bridgehead atoms. The van der Waals surface area contributed by atoms with E-state index in [2.05, 4.69) is 24.9 Å². The molecule has 10 heteroatoms. The summed E-state index contributed by atoms with van der Waals surface area (Å²) in [5.41, 5.74) is 6.50. The van der Waals surface area contributed by atoms with Crippen molar-refractivity contribution in [2.75, 3.05) is 24.7 Å². The Balaban J connectivity index is 1.88. The van der Waals surface area contributed by atoms with Gasteiger partial charge in [0.2, 0.25) is 11.9 Å². The van der Waals surface area contributed by atoms with Crippen LogP contribution >= 0.6 is 11.8 Å². The first-order valence-electron chi connectivity index (χ1n) is 7.03. The van der Waals surface area contributed by atoms with Gasteiger partial charge in [0.1, 0.15) is 5.82 Å². The van der Waals surface area contributed by atoms with Crippen molar-refractivity contribution in [3.63, 3.8) is 0 Å². The van der Waals surface area contributed by atoms with Gasteiger partial charge < -0.3 is 15.6 Å². The maximum atomic E-state index is 13.3. The molecule has 24 heavy (non-hydrogen) atoms. The molecule has 2 aromatic heterocycles. The number of rotatable bonds is 4. The molecule has 2 heterocycles. The van der Waals surface area contributed by atoms with E-state index >= 15 is 0 Å². The summed E-state index contributed by atoms with van der Waals surface area (Å²) >= 11 is 1.32. The van der Waals surface area contributed by atoms with E-state index in [1.165, 1.54) is 11.8 Å². The van der Waals surface area contributed by atoms with Crippen LogP contribution < -0.4 is 10.6 Å². The van der Waals surface area contributed by atoms with Crippen LogP contribution in [0.25, 0.3) is 11.0 Å². The van der Waals surface area contributed by atoms with Crippen molar-refractivity contribution in [2.45, 2.75) is 17.3 Å². The predicted octanol–water partition coefficient (Wildman–Crippen LogP) is 2.53. The third-order valence-corrected chi connectivity index (χ3v) is 4.19. The molecule has 7 nitrogen and oxygen atoms in total. The molecule has 126 valence electrons. The van der Waals surface area contributed by atoms with E-state index in [1.807, 2.05) is 6.92 Å². The van der Waals surface area contributed by atoms with E-state index in [0.717, 1.165) is 12.1 Å². The fourth-order valence-corrected chi connectivity index (χ4v) is 2.90. The lowest BCUT2D eigenvalue weighted by Gasteiger charge is -2.13. The van der Waals surface area contributed by atoms with Crippen LogP contribution in [0.1, 0.15) is 18.0 Å². The molecule has 1 unspecified atom stereocenters. The van der Waals surface area contributed by atoms with Crippen molar-refractivity contribution in [3.05, 3.63) is 29.6 Å². The molecule has 3 aromatic rings. The third-order valence-electron chi connectivity index (χ3n) is 3.21. The van der Waals surface area contributed by atoms with Crippen LogP contribution in [0, 0.1) is 11.6 Å². The quantitative estimate of drug-likeness (QED) is 0.697. The first kappa shape index (κ1) is 16.4. The van der Waals surface area contributed by atoms with Crippen LogP contribution in [0.3, 0.4) is 0 Å². The molecule has 0 aliphatic rings. The number of hydrogen-bond donors (Lipinski definition) is 2. The monoisotopic (exact) mass is 351 g/mol. The summed E-state index contributed by atoms with van der Waals surface area (Å²) in [4.78, 5) is 21.5. The molecule has 3 rings (SSSR count). The number of imidazole rings is 1. The minimum absolute atomic E-state index is 0.130. The molecular formula is C14H15F2N7S. The van der Waals surface area contributed by atoms with E-state index < -0.39 is 11.6 Å². The number of H-pyrrole nitrogens is 1. The first-order valence-corrected chi connectivity index (χ1v) is 7.91. The smallest absolute Gasteiger partial charge is 0.229 e. The van der Waals surface area contributed by atoms with Crippen molar-refractivity contribution < 1.29 is 8.78 Å². The number of nitrogen functional groups attached to an aromatic ring is 1. The Labute approximate surface area is 140 Å². The maximum Gasteiger partial charge on any atom is 0.229 e. The number of benzene rings is 1. The second-order valence-electron chi connectivity index (χ2n) is 5.33. The number of halogens is 2. The number of aromatic nitrogens is 5. The van der Waals surface area contributed by atoms with Crippen LogP contribution in [0.5, 0.6) is 0 Å². The van der Waals surface area contributed by atoms with Gasteiger partial charge in [-0.05, 0) is 6.92 Å². The zero-order chi connectivity index (χ0) is 17.4. The molecule has 0 spiro atoms. The normalized spacial score (nSPS) is 12.5. The fraction of sp³-hybridized carbons (Fsp3) is 0.286. The summed E-state index contributed by atoms with van der Waals surface area (Å²) in [6, 6.07) is 2.14. The number of fused-ring (bicyclic) bond motifs is 1. The van der Waals surface area contributed by atoms with Gasteiger partial charge in [0, 0.05) is 26.2 Å². The Morgan fingerprint density at radius 2 is 1.83 bits per heavy atom. The zero-order valence-electron chi connectivity index (χ0n) is 13.2. The number of nitrogens with one attached hydrogen (secondary N) is 1. The summed E-state index contributed by atoms with van der Waals surface area (Å²) in [7, 11) is 3.61. The number of aromatic amines is 1. The molecule has 3 N–H and O–H groups in total. The molecule has 0 radical (unpaired) electrons. The minimum atomic E-state index is -0.931. The van der Waals surface area contributed by atoms with Gasteiger partial charge in [0.25, 0.3) is 0 Å². The summed E-state index contributed by atoms with van der Waals surface area (Å²) < 4.78 is 26.5. The largest absolute Gasteiger partial charge is 0.368 e. The Bertz CT molecular complexity index is 857. The number of nitrogens with zero attached hydrogens (tertiary/aromatic N) is 5. The second kappa shape index (κ2) is 6.19. The van der Waals surface area contributed by atoms with Crippen LogP contribution in [0.2, 0.25) is 0 Å². The molecule has 1 aromatic carbocycles. The van der Waals surface area contributed by atoms with Crippen LogP contribution in [-0.2, 0) is 0 Å². The lowest BCUT2D eigenvalue weighted by atomic mass is 10.3. The van der Waals surface area contributed by atoms with Gasteiger partial charge in [-0.15, -0.1) is 0 Å². The van der Waals surface area contributed by atoms with E-state index in [0.29, 0.717) is 28.0 Å². The van der Waals surface area contributed by atoms with Gasteiger partial charge in [-0.25, -0.2) is 13.8 Å². The SMILES string of the molecule is CC(Sc1nc2cc(F)c(F)cc2[nH]1)c1nc(N)nc(N(C)C)n1. The van der Waals surface area contributed by atoms with Crippen LogP contribution in [-0.4, -0.2) is 39.0 Å². The summed E-state index contributed by atoms with van der Waals surface area (Å²) in [5.74, 6) is -0.770. The van der Waals surface area contributed by atoms with Crippen molar-refractivity contribution in [3.8, 4) is 0 Å². The highest BCUT2D eigenvalue weighted by molar-refractivity contribution is 7.99. The second-order valence-corrected chi connectivity index (χ2v) is 6.66. The average Bonchev–Trinajstić information content (AvgIpc) is 2.88. The highest BCUT2D eigenvalue weighted by atomic mass is 32.2. The standard InChI is InChI=1S/C14H15F2N7S/c1-6(11-20-12(17)22-13(21-11)23(2)3)24-14-18-9-4-7(15)8(16)5-10(9)19-14/h4-6H,1-3H3,(H,18,19)(H2,17,20,21,22). The van der Waals surface area contributed by atoms with Gasteiger partial charge in [-0.1, -0.05) is 11.8 Å². The number of thioether (sulfide) groups is 1. The topological polar surface area (TPSA) is 96.6 Å². The number of hydrogen-bond acceptors (Lipinski definition) is 7. The Kier molecular flexibility index (Phi) is 4.22. The predicted molar refractivity (Wildman–Crippen MR) is 88.8 cm³/mol. The molecule has 0 aliphatic heterocycles. The number of nitrogens with two attached hydrogens (primary N) is 1. The van der Waals surface area contributed by atoms with Crippen LogP contribution in [0.15, 0.2) is 17.3 Å². The van der Waals surface area contributed by atoms with E-state index in [9.17, 15) is 8.78 Å².